The number of hydrogen-bond acceptors (Lipinski definition) is 4. The van der Waals surface area contributed by atoms with Gasteiger partial charge in [-0.3, -0.25) is 14.6 Å². The number of carbonyl (C=O) groups excluding carboxylic acids is 1. The number of aromatic amines is 1. The molecule has 7 heteroatoms. The number of aliphatic carboxylic acids is 1. The van der Waals surface area contributed by atoms with E-state index in [1.165, 1.54) is 0 Å². The monoisotopic (exact) mass is 378 g/mol. The topological polar surface area (TPSA) is 99.2 Å². The molecule has 0 bridgehead atoms. The minimum absolute atomic E-state index is 0.00631. The van der Waals surface area contributed by atoms with Crippen LogP contribution in [0.4, 0.5) is 0 Å². The molecule has 28 heavy (non-hydrogen) atoms. The maximum absolute atomic E-state index is 12.8. The third-order valence-electron chi connectivity index (χ3n) is 5.42. The fourth-order valence-corrected chi connectivity index (χ4v) is 4.01. The third-order valence-corrected chi connectivity index (χ3v) is 5.42. The quantitative estimate of drug-likeness (QED) is 0.711. The number of aromatic nitrogens is 3. The number of imidazole rings is 1. The highest BCUT2D eigenvalue weighted by Crippen LogP contribution is 2.30. The number of nitrogens with zero attached hydrogens (tertiary/aromatic N) is 3. The Hall–Kier alpha value is -3.22. The highest BCUT2D eigenvalue weighted by atomic mass is 16.4. The highest BCUT2D eigenvalue weighted by Gasteiger charge is 2.33. The van der Waals surface area contributed by atoms with Crippen LogP contribution in [0.1, 0.15) is 29.0 Å². The molecule has 3 heterocycles. The fourth-order valence-electron chi connectivity index (χ4n) is 4.01. The van der Waals surface area contributed by atoms with Crippen LogP contribution in [-0.2, 0) is 11.2 Å². The summed E-state index contributed by atoms with van der Waals surface area (Å²) in [5.41, 5.74) is 2.36. The zero-order chi connectivity index (χ0) is 19.5. The van der Waals surface area contributed by atoms with Crippen LogP contribution in [-0.4, -0.2) is 49.9 Å². The molecule has 1 aliphatic rings. The lowest BCUT2D eigenvalue weighted by atomic mass is 9.81. The number of H-pyrrole nitrogens is 1. The first-order valence-electron chi connectivity index (χ1n) is 9.45. The van der Waals surface area contributed by atoms with Gasteiger partial charge in [0.05, 0.1) is 17.2 Å². The van der Waals surface area contributed by atoms with E-state index in [0.29, 0.717) is 31.5 Å². The predicted molar refractivity (Wildman–Crippen MR) is 104 cm³/mol. The van der Waals surface area contributed by atoms with Gasteiger partial charge in [0.15, 0.2) is 0 Å². The Bertz CT molecular complexity index is 952. The molecule has 1 saturated heterocycles. The smallest absolute Gasteiger partial charge is 0.303 e. The number of carbonyl (C=O) groups is 2. The summed E-state index contributed by atoms with van der Waals surface area (Å²) in [6.45, 7) is 1.10. The van der Waals surface area contributed by atoms with Crippen LogP contribution in [0.3, 0.4) is 0 Å². The molecule has 0 aliphatic carbocycles. The van der Waals surface area contributed by atoms with Crippen LogP contribution >= 0.6 is 0 Å². The molecule has 2 N–H and O–H groups in total. The molecule has 2 atom stereocenters. The number of fused-ring (bicyclic) bond motifs is 1. The summed E-state index contributed by atoms with van der Waals surface area (Å²) in [5.74, 6) is 0.0481. The molecule has 2 aromatic heterocycles. The van der Waals surface area contributed by atoms with Gasteiger partial charge in [0.1, 0.15) is 5.82 Å². The van der Waals surface area contributed by atoms with Gasteiger partial charge in [-0.25, -0.2) is 4.98 Å². The summed E-state index contributed by atoms with van der Waals surface area (Å²) in [6, 6.07) is 11.1. The summed E-state index contributed by atoms with van der Waals surface area (Å²) >= 11 is 0. The molecule has 0 spiro atoms. The van der Waals surface area contributed by atoms with Crippen molar-refractivity contribution in [3.63, 3.8) is 0 Å². The Balaban J connectivity index is 1.54. The van der Waals surface area contributed by atoms with Gasteiger partial charge in [-0.2, -0.15) is 0 Å². The van der Waals surface area contributed by atoms with E-state index >= 15 is 0 Å². The zero-order valence-corrected chi connectivity index (χ0v) is 15.4. The number of amides is 1. The van der Waals surface area contributed by atoms with Crippen LogP contribution in [0.2, 0.25) is 0 Å². The van der Waals surface area contributed by atoms with E-state index in [0.717, 1.165) is 16.9 Å². The minimum Gasteiger partial charge on any atom is -0.481 e. The largest absolute Gasteiger partial charge is 0.481 e. The second-order valence-corrected chi connectivity index (χ2v) is 7.30. The van der Waals surface area contributed by atoms with Crippen LogP contribution in [0, 0.1) is 11.8 Å². The molecule has 2 unspecified atom stereocenters. The summed E-state index contributed by atoms with van der Waals surface area (Å²) in [5, 5.41) is 9.30. The molecule has 3 aromatic rings. The number of carboxylic acid groups (broad SMARTS) is 1. The van der Waals surface area contributed by atoms with Crippen molar-refractivity contribution in [3.8, 4) is 0 Å². The first-order valence-corrected chi connectivity index (χ1v) is 9.45. The molecule has 4 rings (SSSR count). The van der Waals surface area contributed by atoms with E-state index in [1.807, 2.05) is 41.3 Å². The first kappa shape index (κ1) is 18.2. The minimum atomic E-state index is -0.799. The maximum Gasteiger partial charge on any atom is 0.303 e. The molecule has 1 aliphatic heterocycles. The van der Waals surface area contributed by atoms with Crippen LogP contribution in [0.25, 0.3) is 11.0 Å². The van der Waals surface area contributed by atoms with E-state index in [-0.39, 0.29) is 24.2 Å². The Morgan fingerprint density at radius 3 is 2.75 bits per heavy atom. The van der Waals surface area contributed by atoms with E-state index in [9.17, 15) is 14.7 Å². The molecule has 1 fully saturated rings. The number of rotatable bonds is 5. The summed E-state index contributed by atoms with van der Waals surface area (Å²) in [7, 11) is 0. The SMILES string of the molecule is O=C(O)CC1CCN(C(=O)c2ccccc2)CC1Cc1nc2ccncc2[nH]1. The third kappa shape index (κ3) is 3.88. The maximum atomic E-state index is 12.8. The van der Waals surface area contributed by atoms with E-state index in [1.54, 1.807) is 12.4 Å². The average molecular weight is 378 g/mol. The molecule has 1 amide bonds. The Morgan fingerprint density at radius 1 is 1.18 bits per heavy atom. The van der Waals surface area contributed by atoms with Gasteiger partial charge in [0.25, 0.3) is 5.91 Å². The van der Waals surface area contributed by atoms with Crippen molar-refractivity contribution in [2.24, 2.45) is 11.8 Å². The fraction of sp³-hybridized carbons (Fsp3) is 0.333. The van der Waals surface area contributed by atoms with Crippen molar-refractivity contribution in [1.29, 1.82) is 0 Å². The number of piperidine rings is 1. The van der Waals surface area contributed by atoms with Crippen molar-refractivity contribution in [1.82, 2.24) is 19.9 Å². The summed E-state index contributed by atoms with van der Waals surface area (Å²) in [6.07, 6.45) is 4.82. The number of likely N-dealkylation sites (tertiary alicyclic amines) is 1. The second kappa shape index (κ2) is 7.80. The summed E-state index contributed by atoms with van der Waals surface area (Å²) < 4.78 is 0. The molecular weight excluding hydrogens is 356 g/mol. The van der Waals surface area contributed by atoms with Crippen molar-refractivity contribution in [3.05, 3.63) is 60.2 Å². The van der Waals surface area contributed by atoms with E-state index in [4.69, 9.17) is 0 Å². The normalized spacial score (nSPS) is 19.6. The van der Waals surface area contributed by atoms with Crippen molar-refractivity contribution in [2.45, 2.75) is 19.3 Å². The Morgan fingerprint density at radius 2 is 2.00 bits per heavy atom. The van der Waals surface area contributed by atoms with Gasteiger partial charge in [-0.15, -0.1) is 0 Å². The zero-order valence-electron chi connectivity index (χ0n) is 15.4. The second-order valence-electron chi connectivity index (χ2n) is 7.30. The Kier molecular flexibility index (Phi) is 5.06. The van der Waals surface area contributed by atoms with Gasteiger partial charge in [-0.1, -0.05) is 18.2 Å². The van der Waals surface area contributed by atoms with Crippen LogP contribution < -0.4 is 0 Å². The first-order chi connectivity index (χ1) is 13.6. The molecule has 0 saturated carbocycles. The van der Waals surface area contributed by atoms with E-state index in [2.05, 4.69) is 15.0 Å². The van der Waals surface area contributed by atoms with Crippen LogP contribution in [0.5, 0.6) is 0 Å². The van der Waals surface area contributed by atoms with Crippen molar-refractivity contribution < 1.29 is 14.7 Å². The van der Waals surface area contributed by atoms with Crippen molar-refractivity contribution >= 4 is 22.9 Å². The van der Waals surface area contributed by atoms with E-state index < -0.39 is 5.97 Å². The highest BCUT2D eigenvalue weighted by molar-refractivity contribution is 5.94. The van der Waals surface area contributed by atoms with Gasteiger partial charge in [0, 0.05) is 37.7 Å². The number of carboxylic acids is 1. The molecule has 1 aromatic carbocycles. The lowest BCUT2D eigenvalue weighted by molar-refractivity contribution is -0.139. The Labute approximate surface area is 162 Å². The predicted octanol–water partition coefficient (Wildman–Crippen LogP) is 2.75. The van der Waals surface area contributed by atoms with Gasteiger partial charge in [-0.05, 0) is 36.5 Å². The molecule has 0 radical (unpaired) electrons. The molecule has 7 nitrogen and oxygen atoms in total. The lowest BCUT2D eigenvalue weighted by Gasteiger charge is -2.38. The lowest BCUT2D eigenvalue weighted by Crippen LogP contribution is -2.45. The van der Waals surface area contributed by atoms with Gasteiger partial charge >= 0.3 is 5.97 Å². The van der Waals surface area contributed by atoms with Crippen molar-refractivity contribution in [2.75, 3.05) is 13.1 Å². The standard InChI is InChI=1S/C21H22N4O3/c26-20(27)11-15-7-9-25(21(28)14-4-2-1-3-5-14)13-16(15)10-19-23-17-6-8-22-12-18(17)24-19/h1-6,8,12,15-16H,7,9-11,13H2,(H,23,24)(H,26,27). The number of nitrogens with one attached hydrogen (secondary N) is 1. The molecule has 144 valence electrons. The van der Waals surface area contributed by atoms with Crippen LogP contribution in [0.15, 0.2) is 48.8 Å². The average Bonchev–Trinajstić information content (AvgIpc) is 3.11. The number of hydrogen-bond donors (Lipinski definition) is 2. The van der Waals surface area contributed by atoms with Gasteiger partial charge in [0.2, 0.25) is 0 Å². The molecular formula is C21H22N4O3. The summed E-state index contributed by atoms with van der Waals surface area (Å²) in [4.78, 5) is 38.0. The number of pyridine rings is 1. The number of benzene rings is 1. The van der Waals surface area contributed by atoms with Gasteiger partial charge < -0.3 is 15.0 Å².